The maximum atomic E-state index is 13.2. The number of carbonyl (C=O) groups excluding carboxylic acids is 1. The number of piperidine rings is 1. The Labute approximate surface area is 139 Å². The lowest BCUT2D eigenvalue weighted by Gasteiger charge is -2.33. The summed E-state index contributed by atoms with van der Waals surface area (Å²) in [5, 5.41) is 4.56. The number of halogens is 2. The van der Waals surface area contributed by atoms with Gasteiger partial charge in [0, 0.05) is 13.1 Å². The van der Waals surface area contributed by atoms with Gasteiger partial charge in [-0.3, -0.25) is 4.79 Å². The van der Waals surface area contributed by atoms with Crippen molar-refractivity contribution in [1.82, 2.24) is 19.7 Å². The molecule has 1 unspecified atom stereocenters. The number of aryl methyl sites for hydroxylation is 2. The number of carbonyl (C=O) groups is 1. The fraction of sp³-hybridized carbons (Fsp3) is 0.438. The zero-order chi connectivity index (χ0) is 16.6. The van der Waals surface area contributed by atoms with E-state index in [4.69, 9.17) is 11.6 Å². The minimum Gasteiger partial charge on any atom is -0.336 e. The van der Waals surface area contributed by atoms with Gasteiger partial charge in [-0.15, -0.1) is 0 Å². The summed E-state index contributed by atoms with van der Waals surface area (Å²) in [6.45, 7) is 4.98. The molecular weight excluding hydrogens is 319 g/mol. The molecule has 1 saturated heterocycles. The lowest BCUT2D eigenvalue weighted by molar-refractivity contribution is 0.0671. The number of likely N-dealkylation sites (tertiary alicyclic amines) is 1. The van der Waals surface area contributed by atoms with Gasteiger partial charge in [-0.25, -0.2) is 14.1 Å². The van der Waals surface area contributed by atoms with E-state index in [9.17, 15) is 9.18 Å². The first kappa shape index (κ1) is 15.9. The Bertz CT molecular complexity index is 746. The third-order valence-electron chi connectivity index (χ3n) is 4.10. The van der Waals surface area contributed by atoms with Gasteiger partial charge in [0.15, 0.2) is 0 Å². The van der Waals surface area contributed by atoms with E-state index < -0.39 is 5.82 Å². The fourth-order valence-corrected chi connectivity index (χ4v) is 3.30. The number of hydrogen-bond acceptors (Lipinski definition) is 3. The molecule has 0 radical (unpaired) electrons. The van der Waals surface area contributed by atoms with Crippen molar-refractivity contribution in [3.8, 4) is 0 Å². The lowest BCUT2D eigenvalue weighted by Crippen LogP contribution is -2.41. The summed E-state index contributed by atoms with van der Waals surface area (Å²) >= 11 is 6.01. The first-order chi connectivity index (χ1) is 11.0. The number of aromatic nitrogens is 3. The van der Waals surface area contributed by atoms with Crippen LogP contribution in [0.25, 0.3) is 0 Å². The van der Waals surface area contributed by atoms with E-state index in [0.717, 1.165) is 24.5 Å². The quantitative estimate of drug-likeness (QED) is 0.846. The van der Waals surface area contributed by atoms with Crippen LogP contribution in [0.1, 0.15) is 40.9 Å². The van der Waals surface area contributed by atoms with Crippen molar-refractivity contribution >= 4 is 17.5 Å². The van der Waals surface area contributed by atoms with Gasteiger partial charge in [0.2, 0.25) is 0 Å². The molecule has 23 heavy (non-hydrogen) atoms. The number of amides is 1. The SMILES string of the molecule is Cc1nc(C)n(C2CCCN(C(=O)c3ccc(F)cc3Cl)C2)n1. The van der Waals surface area contributed by atoms with Crippen molar-refractivity contribution in [3.63, 3.8) is 0 Å². The first-order valence-corrected chi connectivity index (χ1v) is 7.97. The van der Waals surface area contributed by atoms with Crippen LogP contribution in [0.4, 0.5) is 4.39 Å². The standard InChI is InChI=1S/C16H18ClFN4O/c1-10-19-11(2)22(20-10)13-4-3-7-21(9-13)16(23)14-6-5-12(18)8-15(14)17/h5-6,8,13H,3-4,7,9H2,1-2H3. The average molecular weight is 337 g/mol. The third kappa shape index (κ3) is 3.22. The van der Waals surface area contributed by atoms with Crippen molar-refractivity contribution in [2.24, 2.45) is 0 Å². The molecular formula is C16H18ClFN4O. The fourth-order valence-electron chi connectivity index (χ4n) is 3.05. The lowest BCUT2D eigenvalue weighted by atomic mass is 10.0. The summed E-state index contributed by atoms with van der Waals surface area (Å²) in [5.74, 6) is 0.958. The van der Waals surface area contributed by atoms with Crippen molar-refractivity contribution in [2.75, 3.05) is 13.1 Å². The Hall–Kier alpha value is -1.95. The highest BCUT2D eigenvalue weighted by atomic mass is 35.5. The van der Waals surface area contributed by atoms with Crippen molar-refractivity contribution in [1.29, 1.82) is 0 Å². The Morgan fingerprint density at radius 2 is 2.17 bits per heavy atom. The maximum absolute atomic E-state index is 13.2. The van der Waals surface area contributed by atoms with Gasteiger partial charge in [-0.05, 0) is 44.9 Å². The second-order valence-corrected chi connectivity index (χ2v) is 6.23. The highest BCUT2D eigenvalue weighted by molar-refractivity contribution is 6.33. The maximum Gasteiger partial charge on any atom is 0.255 e. The van der Waals surface area contributed by atoms with Crippen molar-refractivity contribution in [3.05, 3.63) is 46.3 Å². The third-order valence-corrected chi connectivity index (χ3v) is 4.41. The van der Waals surface area contributed by atoms with Crippen molar-refractivity contribution < 1.29 is 9.18 Å². The Morgan fingerprint density at radius 3 is 2.83 bits per heavy atom. The summed E-state index contributed by atoms with van der Waals surface area (Å²) in [5.41, 5.74) is 0.334. The number of benzene rings is 1. The van der Waals surface area contributed by atoms with Gasteiger partial charge >= 0.3 is 0 Å². The highest BCUT2D eigenvalue weighted by Gasteiger charge is 2.28. The summed E-state index contributed by atoms with van der Waals surface area (Å²) in [6.07, 6.45) is 1.83. The van der Waals surface area contributed by atoms with Gasteiger partial charge in [-0.2, -0.15) is 5.10 Å². The van der Waals surface area contributed by atoms with Crippen LogP contribution in [-0.4, -0.2) is 38.7 Å². The zero-order valence-corrected chi connectivity index (χ0v) is 13.8. The Morgan fingerprint density at radius 1 is 1.39 bits per heavy atom. The number of nitrogens with zero attached hydrogens (tertiary/aromatic N) is 4. The molecule has 2 aromatic rings. The van der Waals surface area contributed by atoms with Gasteiger partial charge in [0.25, 0.3) is 5.91 Å². The van der Waals surface area contributed by atoms with E-state index >= 15 is 0 Å². The topological polar surface area (TPSA) is 51.0 Å². The minimum absolute atomic E-state index is 0.105. The Balaban J connectivity index is 1.80. The molecule has 0 saturated carbocycles. The van der Waals surface area contributed by atoms with E-state index in [-0.39, 0.29) is 17.0 Å². The summed E-state index contributed by atoms with van der Waals surface area (Å²) in [7, 11) is 0. The molecule has 2 heterocycles. The van der Waals surface area contributed by atoms with Gasteiger partial charge in [0.1, 0.15) is 17.5 Å². The van der Waals surface area contributed by atoms with Gasteiger partial charge in [-0.1, -0.05) is 11.6 Å². The minimum atomic E-state index is -0.447. The van der Waals surface area contributed by atoms with E-state index in [0.29, 0.717) is 18.7 Å². The zero-order valence-electron chi connectivity index (χ0n) is 13.1. The molecule has 3 rings (SSSR count). The van der Waals surface area contributed by atoms with E-state index in [1.54, 1.807) is 4.90 Å². The molecule has 0 bridgehead atoms. The van der Waals surface area contributed by atoms with E-state index in [2.05, 4.69) is 10.1 Å². The molecule has 0 aliphatic carbocycles. The van der Waals surface area contributed by atoms with Crippen molar-refractivity contribution in [2.45, 2.75) is 32.7 Å². The molecule has 7 heteroatoms. The monoisotopic (exact) mass is 336 g/mol. The predicted octanol–water partition coefficient (Wildman–Crippen LogP) is 3.16. The van der Waals surface area contributed by atoms with Gasteiger partial charge < -0.3 is 4.90 Å². The molecule has 1 aromatic carbocycles. The summed E-state index contributed by atoms with van der Waals surface area (Å²) in [6, 6.07) is 3.97. The average Bonchev–Trinajstić information content (AvgIpc) is 2.85. The molecule has 122 valence electrons. The first-order valence-electron chi connectivity index (χ1n) is 7.60. The second kappa shape index (κ2) is 6.28. The second-order valence-electron chi connectivity index (χ2n) is 5.82. The van der Waals surface area contributed by atoms with Crippen LogP contribution < -0.4 is 0 Å². The van der Waals surface area contributed by atoms with E-state index in [1.807, 2.05) is 18.5 Å². The van der Waals surface area contributed by atoms with Crippen LogP contribution in [0.15, 0.2) is 18.2 Å². The summed E-state index contributed by atoms with van der Waals surface area (Å²) < 4.78 is 15.0. The smallest absolute Gasteiger partial charge is 0.255 e. The normalized spacial score (nSPS) is 18.3. The number of rotatable bonds is 2. The van der Waals surface area contributed by atoms with Crippen LogP contribution in [0.5, 0.6) is 0 Å². The number of hydrogen-bond donors (Lipinski definition) is 0. The summed E-state index contributed by atoms with van der Waals surface area (Å²) in [4.78, 5) is 18.8. The van der Waals surface area contributed by atoms with Crippen LogP contribution in [0, 0.1) is 19.7 Å². The molecule has 1 amide bonds. The molecule has 5 nitrogen and oxygen atoms in total. The van der Waals surface area contributed by atoms with Crippen LogP contribution in [0.2, 0.25) is 5.02 Å². The molecule has 0 spiro atoms. The van der Waals surface area contributed by atoms with E-state index in [1.165, 1.54) is 18.2 Å². The molecule has 1 aliphatic rings. The van der Waals surface area contributed by atoms with Gasteiger partial charge in [0.05, 0.1) is 16.6 Å². The molecule has 1 aromatic heterocycles. The largest absolute Gasteiger partial charge is 0.336 e. The highest BCUT2D eigenvalue weighted by Crippen LogP contribution is 2.25. The Kier molecular flexibility index (Phi) is 4.35. The molecule has 0 N–H and O–H groups in total. The van der Waals surface area contributed by atoms with Crippen LogP contribution in [0.3, 0.4) is 0 Å². The molecule has 1 fully saturated rings. The molecule has 1 aliphatic heterocycles. The predicted molar refractivity (Wildman–Crippen MR) is 85.1 cm³/mol. The van der Waals surface area contributed by atoms with Crippen LogP contribution >= 0.6 is 11.6 Å². The van der Waals surface area contributed by atoms with Crippen LogP contribution in [-0.2, 0) is 0 Å². The molecule has 1 atom stereocenters.